The van der Waals surface area contributed by atoms with Crippen LogP contribution in [0.5, 0.6) is 17.2 Å². The zero-order chi connectivity index (χ0) is 30.9. The number of hydrogen-bond acceptors (Lipinski definition) is 7. The average molecular weight is 651 g/mol. The topological polar surface area (TPSA) is 83.8 Å². The molecule has 1 aliphatic heterocycles. The first-order valence-electron chi connectivity index (χ1n) is 15.5. The number of dihydropyridines is 1. The highest BCUT2D eigenvalue weighted by molar-refractivity contribution is 9.10. The molecule has 1 heterocycles. The summed E-state index contributed by atoms with van der Waals surface area (Å²) < 4.78 is 19.1. The molecule has 0 saturated heterocycles. The number of allylic oxidation sites excluding steroid dienone is 4. The molecule has 1 N–H and O–H groups in total. The number of nitrogens with zero attached hydrogens (tertiary/aromatic N) is 2. The van der Waals surface area contributed by atoms with E-state index in [-0.39, 0.29) is 5.78 Å². The SMILES string of the molecule is CCCC1CC(=O)C2=C(C1)NC(C)=C(C#N)C2c1cc(Br)c(OCc2cccc(OCCN(CC)CC)c2)c(OCC)c1. The van der Waals surface area contributed by atoms with Crippen LogP contribution in [0.4, 0.5) is 0 Å². The first kappa shape index (κ1) is 32.6. The second-order valence-electron chi connectivity index (χ2n) is 11.2. The van der Waals surface area contributed by atoms with Gasteiger partial charge in [-0.25, -0.2) is 0 Å². The van der Waals surface area contributed by atoms with Crippen molar-refractivity contribution in [2.75, 3.05) is 32.8 Å². The predicted octanol–water partition coefficient (Wildman–Crippen LogP) is 7.67. The Labute approximate surface area is 265 Å². The number of nitrogens with one attached hydrogen (secondary N) is 1. The fourth-order valence-corrected chi connectivity index (χ4v) is 6.66. The van der Waals surface area contributed by atoms with Crippen LogP contribution in [-0.4, -0.2) is 43.5 Å². The van der Waals surface area contributed by atoms with E-state index in [1.807, 2.05) is 50.2 Å². The maximum Gasteiger partial charge on any atom is 0.175 e. The van der Waals surface area contributed by atoms with Crippen LogP contribution in [0.3, 0.4) is 0 Å². The van der Waals surface area contributed by atoms with Gasteiger partial charge < -0.3 is 24.4 Å². The zero-order valence-electron chi connectivity index (χ0n) is 26.1. The Morgan fingerprint density at radius 1 is 1.07 bits per heavy atom. The van der Waals surface area contributed by atoms with Crippen molar-refractivity contribution in [3.8, 4) is 23.3 Å². The van der Waals surface area contributed by atoms with Crippen LogP contribution < -0.4 is 19.5 Å². The van der Waals surface area contributed by atoms with Crippen LogP contribution >= 0.6 is 15.9 Å². The molecule has 4 rings (SSSR count). The lowest BCUT2D eigenvalue weighted by Gasteiger charge is -2.35. The van der Waals surface area contributed by atoms with Gasteiger partial charge in [0.25, 0.3) is 0 Å². The highest BCUT2D eigenvalue weighted by Crippen LogP contribution is 2.47. The van der Waals surface area contributed by atoms with Gasteiger partial charge in [-0.2, -0.15) is 5.26 Å². The summed E-state index contributed by atoms with van der Waals surface area (Å²) in [5.74, 6) is 1.96. The standard InChI is InChI=1S/C35H44BrN3O4/c1-6-11-24-17-30-34(31(40)18-24)33(28(21-37)23(5)38-30)26-19-29(36)35(32(20-26)41-9-4)43-22-25-12-10-13-27(16-25)42-15-14-39(7-2)8-3/h10,12-13,16,19-20,24,33,38H,6-9,11,14-15,17-18,22H2,1-5H3. The van der Waals surface area contributed by atoms with Gasteiger partial charge >= 0.3 is 0 Å². The Hall–Kier alpha value is -3.28. The molecule has 0 saturated carbocycles. The molecule has 2 aromatic carbocycles. The molecule has 230 valence electrons. The summed E-state index contributed by atoms with van der Waals surface area (Å²) in [7, 11) is 0. The summed E-state index contributed by atoms with van der Waals surface area (Å²) in [4.78, 5) is 15.9. The summed E-state index contributed by atoms with van der Waals surface area (Å²) in [5, 5.41) is 13.6. The largest absolute Gasteiger partial charge is 0.492 e. The van der Waals surface area contributed by atoms with Gasteiger partial charge in [0, 0.05) is 29.9 Å². The Bertz CT molecular complexity index is 1410. The molecule has 2 atom stereocenters. The number of ketones is 1. The number of carbonyl (C=O) groups excluding carboxylic acids is 1. The maximum atomic E-state index is 13.5. The van der Waals surface area contributed by atoms with E-state index in [0.717, 1.165) is 67.2 Å². The van der Waals surface area contributed by atoms with Crippen molar-refractivity contribution >= 4 is 21.7 Å². The molecule has 0 radical (unpaired) electrons. The molecule has 0 amide bonds. The summed E-state index contributed by atoms with van der Waals surface area (Å²) in [6.45, 7) is 14.6. The van der Waals surface area contributed by atoms with Crippen LogP contribution in [0.1, 0.15) is 77.3 Å². The van der Waals surface area contributed by atoms with Gasteiger partial charge in [-0.3, -0.25) is 4.79 Å². The number of ether oxygens (including phenoxy) is 3. The predicted molar refractivity (Wildman–Crippen MR) is 173 cm³/mol. The highest BCUT2D eigenvalue weighted by Gasteiger charge is 2.39. The van der Waals surface area contributed by atoms with Crippen LogP contribution in [-0.2, 0) is 11.4 Å². The van der Waals surface area contributed by atoms with Crippen molar-refractivity contribution in [3.05, 3.63) is 74.5 Å². The molecule has 1 aliphatic carbocycles. The molecule has 2 aromatic rings. The van der Waals surface area contributed by atoms with Crippen molar-refractivity contribution < 1.29 is 19.0 Å². The summed E-state index contributed by atoms with van der Waals surface area (Å²) in [6, 6.07) is 14.2. The molecule has 43 heavy (non-hydrogen) atoms. The molecular weight excluding hydrogens is 606 g/mol. The lowest BCUT2D eigenvalue weighted by molar-refractivity contribution is -0.117. The Balaban J connectivity index is 1.59. The monoisotopic (exact) mass is 649 g/mol. The van der Waals surface area contributed by atoms with E-state index in [9.17, 15) is 10.1 Å². The molecule has 0 aromatic heterocycles. The molecule has 7 nitrogen and oxygen atoms in total. The molecule has 8 heteroatoms. The first-order valence-corrected chi connectivity index (χ1v) is 16.3. The quantitative estimate of drug-likeness (QED) is 0.225. The second kappa shape index (κ2) is 15.4. The van der Waals surface area contributed by atoms with Crippen molar-refractivity contribution in [1.82, 2.24) is 10.2 Å². The van der Waals surface area contributed by atoms with Crippen LogP contribution in [0.25, 0.3) is 0 Å². The van der Waals surface area contributed by atoms with Crippen molar-refractivity contribution in [1.29, 1.82) is 5.26 Å². The Morgan fingerprint density at radius 3 is 2.56 bits per heavy atom. The molecule has 2 unspecified atom stereocenters. The van der Waals surface area contributed by atoms with Gasteiger partial charge in [0.1, 0.15) is 19.0 Å². The summed E-state index contributed by atoms with van der Waals surface area (Å²) in [6.07, 6.45) is 3.39. The normalized spacial score (nSPS) is 18.3. The van der Waals surface area contributed by atoms with Gasteiger partial charge in [0.15, 0.2) is 17.3 Å². The third-order valence-electron chi connectivity index (χ3n) is 8.25. The average Bonchev–Trinajstić information content (AvgIpc) is 2.98. The second-order valence-corrected chi connectivity index (χ2v) is 12.0. The minimum atomic E-state index is -0.453. The van der Waals surface area contributed by atoms with E-state index in [2.05, 4.69) is 53.0 Å². The third-order valence-corrected chi connectivity index (χ3v) is 8.84. The van der Waals surface area contributed by atoms with Gasteiger partial charge in [0.05, 0.1) is 28.6 Å². The fourth-order valence-electron chi connectivity index (χ4n) is 6.08. The van der Waals surface area contributed by atoms with Gasteiger partial charge in [0.2, 0.25) is 0 Å². The van der Waals surface area contributed by atoms with E-state index < -0.39 is 5.92 Å². The zero-order valence-corrected chi connectivity index (χ0v) is 27.7. The molecule has 0 fully saturated rings. The van der Waals surface area contributed by atoms with Crippen molar-refractivity contribution in [2.45, 2.75) is 72.8 Å². The highest BCUT2D eigenvalue weighted by atomic mass is 79.9. The van der Waals surface area contributed by atoms with E-state index in [1.165, 1.54) is 0 Å². The van der Waals surface area contributed by atoms with Gasteiger partial charge in [-0.1, -0.05) is 39.3 Å². The number of carbonyl (C=O) groups is 1. The Morgan fingerprint density at radius 2 is 1.86 bits per heavy atom. The summed E-state index contributed by atoms with van der Waals surface area (Å²) in [5.41, 5.74) is 4.82. The number of nitriles is 1. The van der Waals surface area contributed by atoms with E-state index in [1.54, 1.807) is 0 Å². The lowest BCUT2D eigenvalue weighted by Crippen LogP contribution is -2.34. The minimum absolute atomic E-state index is 0.117. The minimum Gasteiger partial charge on any atom is -0.492 e. The molecule has 0 spiro atoms. The maximum absolute atomic E-state index is 13.5. The number of benzene rings is 2. The van der Waals surface area contributed by atoms with Crippen LogP contribution in [0, 0.1) is 17.2 Å². The fraction of sp³-hybridized carbons (Fsp3) is 0.486. The van der Waals surface area contributed by atoms with Gasteiger partial charge in [-0.15, -0.1) is 0 Å². The summed E-state index contributed by atoms with van der Waals surface area (Å²) >= 11 is 3.72. The first-order chi connectivity index (χ1) is 20.8. The molecule has 2 aliphatic rings. The van der Waals surface area contributed by atoms with Crippen molar-refractivity contribution in [2.24, 2.45) is 5.92 Å². The van der Waals surface area contributed by atoms with E-state index in [0.29, 0.717) is 59.3 Å². The Kier molecular flexibility index (Phi) is 11.7. The molecular formula is C35H44BrN3O4. The third kappa shape index (κ3) is 7.82. The van der Waals surface area contributed by atoms with Gasteiger partial charge in [-0.05, 0) is 97.0 Å². The molecule has 0 bridgehead atoms. The lowest BCUT2D eigenvalue weighted by atomic mass is 9.72. The van der Waals surface area contributed by atoms with Crippen LogP contribution in [0.2, 0.25) is 0 Å². The van der Waals surface area contributed by atoms with E-state index >= 15 is 0 Å². The smallest absolute Gasteiger partial charge is 0.175 e. The number of rotatable bonds is 14. The van der Waals surface area contributed by atoms with Crippen molar-refractivity contribution in [3.63, 3.8) is 0 Å². The number of halogens is 1. The van der Waals surface area contributed by atoms with Crippen LogP contribution in [0.15, 0.2) is 63.4 Å². The number of likely N-dealkylation sites (N-methyl/N-ethyl adjacent to an activating group) is 1. The van der Waals surface area contributed by atoms with E-state index in [4.69, 9.17) is 14.2 Å². The number of Topliss-reactive ketones (excluding diaryl/α,β-unsaturated/α-hetero) is 1. The number of hydrogen-bond donors (Lipinski definition) is 1.